The van der Waals surface area contributed by atoms with E-state index in [4.69, 9.17) is 0 Å². The van der Waals surface area contributed by atoms with Gasteiger partial charge in [0.05, 0.1) is 0 Å². The number of fused-ring (bicyclic) bond motifs is 1. The van der Waals surface area contributed by atoms with Crippen LogP contribution in [0.4, 0.5) is 5.69 Å². The van der Waals surface area contributed by atoms with Crippen LogP contribution < -0.4 is 4.90 Å². The Bertz CT molecular complexity index is 574. The van der Waals surface area contributed by atoms with Crippen molar-refractivity contribution in [1.82, 2.24) is 4.90 Å². The number of carbonyl (C=O) groups is 2. The maximum atomic E-state index is 12.4. The number of nitrogens with zero attached hydrogens (tertiary/aromatic N) is 2. The minimum absolute atomic E-state index is 0.00172. The first-order chi connectivity index (χ1) is 10.1. The molecule has 1 fully saturated rings. The molecule has 2 aliphatic rings. The van der Waals surface area contributed by atoms with Gasteiger partial charge in [0.25, 0.3) is 5.91 Å². The van der Waals surface area contributed by atoms with Crippen molar-refractivity contribution in [3.63, 3.8) is 0 Å². The van der Waals surface area contributed by atoms with Crippen LogP contribution in [0.5, 0.6) is 0 Å². The minimum Gasteiger partial charge on any atom is -0.339 e. The van der Waals surface area contributed by atoms with Gasteiger partial charge >= 0.3 is 0 Å². The van der Waals surface area contributed by atoms with E-state index < -0.39 is 0 Å². The van der Waals surface area contributed by atoms with Gasteiger partial charge in [0.2, 0.25) is 5.91 Å². The highest BCUT2D eigenvalue weighted by Crippen LogP contribution is 2.30. The van der Waals surface area contributed by atoms with Crippen LogP contribution in [0, 0.1) is 5.92 Å². The molecule has 2 amide bonds. The van der Waals surface area contributed by atoms with Gasteiger partial charge in [-0.3, -0.25) is 9.59 Å². The number of benzene rings is 1. The Balaban J connectivity index is 1.83. The number of hydrogen-bond acceptors (Lipinski definition) is 2. The molecule has 21 heavy (non-hydrogen) atoms. The number of amides is 2. The lowest BCUT2D eigenvalue weighted by molar-refractivity contribution is -0.121. The van der Waals surface area contributed by atoms with Crippen molar-refractivity contribution < 1.29 is 9.59 Å². The molecule has 0 bridgehead atoms. The summed E-state index contributed by atoms with van der Waals surface area (Å²) < 4.78 is 0. The fourth-order valence-corrected chi connectivity index (χ4v) is 3.18. The molecular formula is C17H22N2O2. The van der Waals surface area contributed by atoms with Gasteiger partial charge in [0, 0.05) is 36.8 Å². The van der Waals surface area contributed by atoms with E-state index in [0.717, 1.165) is 55.7 Å². The Morgan fingerprint density at radius 3 is 2.48 bits per heavy atom. The second-order valence-electron chi connectivity index (χ2n) is 6.24. The predicted octanol–water partition coefficient (Wildman–Crippen LogP) is 2.47. The van der Waals surface area contributed by atoms with E-state index in [-0.39, 0.29) is 17.7 Å². The fourth-order valence-electron chi connectivity index (χ4n) is 3.18. The largest absolute Gasteiger partial charge is 0.339 e. The first-order valence-corrected chi connectivity index (χ1v) is 7.81. The molecule has 4 nitrogen and oxygen atoms in total. The quantitative estimate of drug-likeness (QED) is 0.838. The molecule has 2 heterocycles. The SMILES string of the molecule is CC(C)C(=O)N1CCc2cc(C(=O)N3CCCC3)ccc21. The van der Waals surface area contributed by atoms with Gasteiger partial charge in [-0.25, -0.2) is 0 Å². The van der Waals surface area contributed by atoms with Gasteiger partial charge in [-0.15, -0.1) is 0 Å². The van der Waals surface area contributed by atoms with Crippen molar-refractivity contribution in [2.24, 2.45) is 5.92 Å². The van der Waals surface area contributed by atoms with Crippen LogP contribution in [0.25, 0.3) is 0 Å². The predicted molar refractivity (Wildman–Crippen MR) is 82.5 cm³/mol. The third-order valence-electron chi connectivity index (χ3n) is 4.38. The van der Waals surface area contributed by atoms with Crippen LogP contribution in [0.2, 0.25) is 0 Å². The molecule has 1 saturated heterocycles. The zero-order chi connectivity index (χ0) is 15.0. The molecule has 0 saturated carbocycles. The summed E-state index contributed by atoms with van der Waals surface area (Å²) in [7, 11) is 0. The number of anilines is 1. The van der Waals surface area contributed by atoms with Crippen molar-refractivity contribution in [3.8, 4) is 0 Å². The van der Waals surface area contributed by atoms with Gasteiger partial charge in [-0.1, -0.05) is 13.8 Å². The second-order valence-corrected chi connectivity index (χ2v) is 6.24. The lowest BCUT2D eigenvalue weighted by Crippen LogP contribution is -2.32. The monoisotopic (exact) mass is 286 g/mol. The topological polar surface area (TPSA) is 40.6 Å². The number of carbonyl (C=O) groups excluding carboxylic acids is 2. The summed E-state index contributed by atoms with van der Waals surface area (Å²) in [6.07, 6.45) is 3.05. The van der Waals surface area contributed by atoms with Gasteiger partial charge in [0.1, 0.15) is 0 Å². The molecule has 0 spiro atoms. The molecule has 2 aliphatic heterocycles. The highest BCUT2D eigenvalue weighted by atomic mass is 16.2. The first kappa shape index (κ1) is 14.1. The van der Waals surface area contributed by atoms with E-state index in [2.05, 4.69) is 0 Å². The van der Waals surface area contributed by atoms with Crippen LogP contribution in [0.1, 0.15) is 42.6 Å². The van der Waals surface area contributed by atoms with Crippen LogP contribution in [0.15, 0.2) is 18.2 Å². The number of likely N-dealkylation sites (tertiary alicyclic amines) is 1. The van der Waals surface area contributed by atoms with Gasteiger partial charge < -0.3 is 9.80 Å². The van der Waals surface area contributed by atoms with Gasteiger partial charge in [-0.2, -0.15) is 0 Å². The molecule has 0 unspecified atom stereocenters. The van der Waals surface area contributed by atoms with Crippen LogP contribution in [0.3, 0.4) is 0 Å². The summed E-state index contributed by atoms with van der Waals surface area (Å²) in [5, 5.41) is 0. The Labute approximate surface area is 125 Å². The Morgan fingerprint density at radius 1 is 1.10 bits per heavy atom. The average Bonchev–Trinajstić information content (AvgIpc) is 3.14. The van der Waals surface area contributed by atoms with E-state index in [1.807, 2.05) is 41.8 Å². The molecule has 0 N–H and O–H groups in total. The molecule has 1 aromatic carbocycles. The number of hydrogen-bond donors (Lipinski definition) is 0. The molecule has 0 aliphatic carbocycles. The normalized spacial score (nSPS) is 17.5. The summed E-state index contributed by atoms with van der Waals surface area (Å²) in [6.45, 7) is 6.31. The molecule has 4 heteroatoms. The highest BCUT2D eigenvalue weighted by molar-refractivity contribution is 5.99. The first-order valence-electron chi connectivity index (χ1n) is 7.81. The molecule has 1 aromatic rings. The van der Waals surface area contributed by atoms with Gasteiger partial charge in [-0.05, 0) is 43.0 Å². The molecular weight excluding hydrogens is 264 g/mol. The maximum Gasteiger partial charge on any atom is 0.253 e. The number of rotatable bonds is 2. The van der Waals surface area contributed by atoms with E-state index in [1.165, 1.54) is 0 Å². The van der Waals surface area contributed by atoms with Crippen molar-refractivity contribution in [1.29, 1.82) is 0 Å². The van der Waals surface area contributed by atoms with E-state index >= 15 is 0 Å². The van der Waals surface area contributed by atoms with Crippen molar-refractivity contribution in [2.45, 2.75) is 33.1 Å². The standard InChI is InChI=1S/C17H22N2O2/c1-12(2)16(20)19-10-7-13-11-14(5-6-15(13)19)17(21)18-8-3-4-9-18/h5-6,11-12H,3-4,7-10H2,1-2H3. The van der Waals surface area contributed by atoms with Crippen LogP contribution in [-0.4, -0.2) is 36.3 Å². The minimum atomic E-state index is 0.00172. The lowest BCUT2D eigenvalue weighted by Gasteiger charge is -2.20. The van der Waals surface area contributed by atoms with Gasteiger partial charge in [0.15, 0.2) is 0 Å². The zero-order valence-corrected chi connectivity index (χ0v) is 12.8. The average molecular weight is 286 g/mol. The van der Waals surface area contributed by atoms with Crippen molar-refractivity contribution >= 4 is 17.5 Å². The second kappa shape index (κ2) is 5.51. The van der Waals surface area contributed by atoms with E-state index in [9.17, 15) is 9.59 Å². The molecule has 112 valence electrons. The van der Waals surface area contributed by atoms with Crippen LogP contribution >= 0.6 is 0 Å². The summed E-state index contributed by atoms with van der Waals surface area (Å²) >= 11 is 0. The van der Waals surface area contributed by atoms with E-state index in [1.54, 1.807) is 0 Å². The Hall–Kier alpha value is -1.84. The third kappa shape index (κ3) is 2.55. The molecule has 0 radical (unpaired) electrons. The highest BCUT2D eigenvalue weighted by Gasteiger charge is 2.28. The van der Waals surface area contributed by atoms with Crippen LogP contribution in [-0.2, 0) is 11.2 Å². The molecule has 0 aromatic heterocycles. The van der Waals surface area contributed by atoms with Crippen molar-refractivity contribution in [2.75, 3.05) is 24.5 Å². The smallest absolute Gasteiger partial charge is 0.253 e. The fraction of sp³-hybridized carbons (Fsp3) is 0.529. The zero-order valence-electron chi connectivity index (χ0n) is 12.8. The Kier molecular flexibility index (Phi) is 3.70. The maximum absolute atomic E-state index is 12.4. The summed E-state index contributed by atoms with van der Waals surface area (Å²) in [6, 6.07) is 5.78. The molecule has 0 atom stereocenters. The van der Waals surface area contributed by atoms with E-state index in [0.29, 0.717) is 0 Å². The molecule has 3 rings (SSSR count). The Morgan fingerprint density at radius 2 is 1.81 bits per heavy atom. The van der Waals surface area contributed by atoms with Crippen molar-refractivity contribution in [3.05, 3.63) is 29.3 Å². The lowest BCUT2D eigenvalue weighted by atomic mass is 10.1. The summed E-state index contributed by atoms with van der Waals surface area (Å²) in [5.74, 6) is 0.290. The summed E-state index contributed by atoms with van der Waals surface area (Å²) in [5.41, 5.74) is 2.86. The summed E-state index contributed by atoms with van der Waals surface area (Å²) in [4.78, 5) is 28.4. The third-order valence-corrected chi connectivity index (χ3v) is 4.38.